The SMILES string of the molecule is CCCNC(=O)[C@@H](C)N1CCCCCC1. The number of nitrogens with one attached hydrogen (secondary N) is 1. The number of carbonyl (C=O) groups excluding carboxylic acids is 1. The van der Waals surface area contributed by atoms with Crippen LogP contribution in [0.3, 0.4) is 0 Å². The summed E-state index contributed by atoms with van der Waals surface area (Å²) in [4.78, 5) is 14.1. The Morgan fingerprint density at radius 2 is 1.87 bits per heavy atom. The van der Waals surface area contributed by atoms with Gasteiger partial charge < -0.3 is 5.32 Å². The second-order valence-corrected chi connectivity index (χ2v) is 4.42. The first-order chi connectivity index (χ1) is 7.25. The first-order valence-electron chi connectivity index (χ1n) is 6.27. The molecule has 3 nitrogen and oxygen atoms in total. The van der Waals surface area contributed by atoms with Crippen LogP contribution in [0.5, 0.6) is 0 Å². The Labute approximate surface area is 93.2 Å². The number of rotatable bonds is 4. The molecule has 0 aromatic carbocycles. The van der Waals surface area contributed by atoms with Gasteiger partial charge in [-0.3, -0.25) is 9.69 Å². The van der Waals surface area contributed by atoms with Gasteiger partial charge in [0.15, 0.2) is 0 Å². The minimum Gasteiger partial charge on any atom is -0.355 e. The summed E-state index contributed by atoms with van der Waals surface area (Å²) in [7, 11) is 0. The Kier molecular flexibility index (Phi) is 5.69. The van der Waals surface area contributed by atoms with E-state index in [-0.39, 0.29) is 11.9 Å². The molecule has 0 aromatic heterocycles. The lowest BCUT2D eigenvalue weighted by molar-refractivity contribution is -0.125. The van der Waals surface area contributed by atoms with E-state index in [9.17, 15) is 4.79 Å². The maximum atomic E-state index is 11.8. The van der Waals surface area contributed by atoms with Crippen molar-refractivity contribution in [1.82, 2.24) is 10.2 Å². The molecular formula is C12H24N2O. The van der Waals surface area contributed by atoms with Crippen molar-refractivity contribution >= 4 is 5.91 Å². The molecule has 88 valence electrons. The van der Waals surface area contributed by atoms with Crippen LogP contribution in [0.1, 0.15) is 46.0 Å². The number of carbonyl (C=O) groups is 1. The summed E-state index contributed by atoms with van der Waals surface area (Å²) in [5, 5.41) is 2.97. The van der Waals surface area contributed by atoms with Crippen molar-refractivity contribution in [3.8, 4) is 0 Å². The van der Waals surface area contributed by atoms with E-state index in [1.165, 1.54) is 25.7 Å². The third kappa shape index (κ3) is 4.20. The van der Waals surface area contributed by atoms with Gasteiger partial charge in [0.2, 0.25) is 5.91 Å². The van der Waals surface area contributed by atoms with Crippen molar-refractivity contribution in [2.45, 2.75) is 52.0 Å². The van der Waals surface area contributed by atoms with E-state index in [1.54, 1.807) is 0 Å². The normalized spacial score (nSPS) is 20.7. The maximum absolute atomic E-state index is 11.8. The van der Waals surface area contributed by atoms with Crippen LogP contribution < -0.4 is 5.32 Å². The van der Waals surface area contributed by atoms with Crippen LogP contribution in [-0.2, 0) is 4.79 Å². The van der Waals surface area contributed by atoms with Crippen molar-refractivity contribution in [3.63, 3.8) is 0 Å². The number of likely N-dealkylation sites (tertiary alicyclic amines) is 1. The second kappa shape index (κ2) is 6.83. The summed E-state index contributed by atoms with van der Waals surface area (Å²) in [5.74, 6) is 0.193. The minimum atomic E-state index is 0.0506. The van der Waals surface area contributed by atoms with Gasteiger partial charge in [0.05, 0.1) is 6.04 Å². The fraction of sp³-hybridized carbons (Fsp3) is 0.917. The second-order valence-electron chi connectivity index (χ2n) is 4.42. The van der Waals surface area contributed by atoms with Crippen LogP contribution in [0, 0.1) is 0 Å². The first kappa shape index (κ1) is 12.5. The summed E-state index contributed by atoms with van der Waals surface area (Å²) in [6.45, 7) is 7.08. The predicted molar refractivity (Wildman–Crippen MR) is 62.8 cm³/mol. The standard InChI is InChI=1S/C12H24N2O/c1-3-8-13-12(15)11(2)14-9-6-4-5-7-10-14/h11H,3-10H2,1-2H3,(H,13,15)/t11-/m1/s1. The van der Waals surface area contributed by atoms with Crippen LogP contribution in [0.15, 0.2) is 0 Å². The number of hydrogen-bond acceptors (Lipinski definition) is 2. The van der Waals surface area contributed by atoms with Crippen LogP contribution >= 0.6 is 0 Å². The highest BCUT2D eigenvalue weighted by Crippen LogP contribution is 2.12. The fourth-order valence-electron chi connectivity index (χ4n) is 2.04. The molecule has 1 atom stereocenters. The summed E-state index contributed by atoms with van der Waals surface area (Å²) in [6.07, 6.45) is 6.13. The topological polar surface area (TPSA) is 32.3 Å². The molecule has 0 saturated carbocycles. The molecular weight excluding hydrogens is 188 g/mol. The Balaban J connectivity index is 2.35. The van der Waals surface area contributed by atoms with Crippen molar-refractivity contribution in [2.24, 2.45) is 0 Å². The van der Waals surface area contributed by atoms with E-state index in [2.05, 4.69) is 17.1 Å². The van der Waals surface area contributed by atoms with E-state index in [4.69, 9.17) is 0 Å². The van der Waals surface area contributed by atoms with Gasteiger partial charge in [-0.15, -0.1) is 0 Å². The highest BCUT2D eigenvalue weighted by molar-refractivity contribution is 5.81. The zero-order valence-corrected chi connectivity index (χ0v) is 10.1. The van der Waals surface area contributed by atoms with E-state index in [0.29, 0.717) is 0 Å². The predicted octanol–water partition coefficient (Wildman–Crippen LogP) is 1.78. The Morgan fingerprint density at radius 3 is 2.40 bits per heavy atom. The van der Waals surface area contributed by atoms with E-state index in [0.717, 1.165) is 26.1 Å². The zero-order valence-electron chi connectivity index (χ0n) is 10.1. The molecule has 0 radical (unpaired) electrons. The maximum Gasteiger partial charge on any atom is 0.237 e. The molecule has 1 saturated heterocycles. The summed E-state index contributed by atoms with van der Waals surface area (Å²) >= 11 is 0. The Morgan fingerprint density at radius 1 is 1.27 bits per heavy atom. The highest BCUT2D eigenvalue weighted by Gasteiger charge is 2.21. The molecule has 0 aliphatic carbocycles. The van der Waals surface area contributed by atoms with Gasteiger partial charge in [-0.05, 0) is 39.3 Å². The molecule has 0 spiro atoms. The Bertz CT molecular complexity index is 186. The third-order valence-electron chi connectivity index (χ3n) is 3.12. The molecule has 1 N–H and O–H groups in total. The number of amides is 1. The average molecular weight is 212 g/mol. The van der Waals surface area contributed by atoms with Crippen LogP contribution in [0.2, 0.25) is 0 Å². The average Bonchev–Trinajstić information content (AvgIpc) is 2.53. The molecule has 0 bridgehead atoms. The number of hydrogen-bond donors (Lipinski definition) is 1. The van der Waals surface area contributed by atoms with Gasteiger partial charge in [-0.1, -0.05) is 19.8 Å². The van der Waals surface area contributed by atoms with Crippen LogP contribution in [-0.4, -0.2) is 36.5 Å². The molecule has 1 amide bonds. The lowest BCUT2D eigenvalue weighted by Crippen LogP contribution is -2.45. The lowest BCUT2D eigenvalue weighted by Gasteiger charge is -2.26. The lowest BCUT2D eigenvalue weighted by atomic mass is 10.2. The monoisotopic (exact) mass is 212 g/mol. The summed E-state index contributed by atoms with van der Waals surface area (Å²) in [6, 6.07) is 0.0506. The third-order valence-corrected chi connectivity index (χ3v) is 3.12. The summed E-state index contributed by atoms with van der Waals surface area (Å²) < 4.78 is 0. The van der Waals surface area contributed by atoms with Gasteiger partial charge in [0, 0.05) is 6.54 Å². The number of nitrogens with zero attached hydrogens (tertiary/aromatic N) is 1. The smallest absolute Gasteiger partial charge is 0.237 e. The van der Waals surface area contributed by atoms with Crippen molar-refractivity contribution < 1.29 is 4.79 Å². The zero-order chi connectivity index (χ0) is 11.1. The van der Waals surface area contributed by atoms with E-state index < -0.39 is 0 Å². The Hall–Kier alpha value is -0.570. The molecule has 1 heterocycles. The molecule has 1 aliphatic heterocycles. The largest absolute Gasteiger partial charge is 0.355 e. The summed E-state index contributed by atoms with van der Waals surface area (Å²) in [5.41, 5.74) is 0. The van der Waals surface area contributed by atoms with Crippen molar-refractivity contribution in [1.29, 1.82) is 0 Å². The minimum absolute atomic E-state index is 0.0506. The van der Waals surface area contributed by atoms with Gasteiger partial charge in [-0.2, -0.15) is 0 Å². The van der Waals surface area contributed by atoms with Gasteiger partial charge in [0.25, 0.3) is 0 Å². The highest BCUT2D eigenvalue weighted by atomic mass is 16.2. The molecule has 15 heavy (non-hydrogen) atoms. The van der Waals surface area contributed by atoms with Gasteiger partial charge >= 0.3 is 0 Å². The molecule has 3 heteroatoms. The van der Waals surface area contributed by atoms with E-state index >= 15 is 0 Å². The van der Waals surface area contributed by atoms with Crippen molar-refractivity contribution in [2.75, 3.05) is 19.6 Å². The van der Waals surface area contributed by atoms with E-state index in [1.807, 2.05) is 6.92 Å². The molecule has 1 fully saturated rings. The van der Waals surface area contributed by atoms with Gasteiger partial charge in [0.1, 0.15) is 0 Å². The first-order valence-corrected chi connectivity index (χ1v) is 6.27. The molecule has 0 unspecified atom stereocenters. The fourth-order valence-corrected chi connectivity index (χ4v) is 2.04. The molecule has 1 rings (SSSR count). The quantitative estimate of drug-likeness (QED) is 0.770. The molecule has 0 aromatic rings. The van der Waals surface area contributed by atoms with Crippen LogP contribution in [0.25, 0.3) is 0 Å². The van der Waals surface area contributed by atoms with Crippen LogP contribution in [0.4, 0.5) is 0 Å². The van der Waals surface area contributed by atoms with Gasteiger partial charge in [-0.25, -0.2) is 0 Å². The van der Waals surface area contributed by atoms with Crippen molar-refractivity contribution in [3.05, 3.63) is 0 Å². The molecule has 1 aliphatic rings.